The van der Waals surface area contributed by atoms with E-state index in [9.17, 15) is 9.59 Å². The maximum atomic E-state index is 12.4. The van der Waals surface area contributed by atoms with Crippen molar-refractivity contribution in [1.82, 2.24) is 25.2 Å². The van der Waals surface area contributed by atoms with Crippen molar-refractivity contribution in [2.24, 2.45) is 0 Å². The van der Waals surface area contributed by atoms with Gasteiger partial charge in [0.2, 0.25) is 0 Å². The van der Waals surface area contributed by atoms with Crippen molar-refractivity contribution in [3.63, 3.8) is 0 Å². The number of piperazine rings is 1. The maximum absolute atomic E-state index is 12.4. The number of aryl methyl sites for hydroxylation is 2. The number of hydrogen-bond acceptors (Lipinski definition) is 6. The third-order valence-electron chi connectivity index (χ3n) is 6.64. The number of H-pyrrole nitrogens is 1. The van der Waals surface area contributed by atoms with Crippen molar-refractivity contribution in [2.75, 3.05) is 38.1 Å². The first kappa shape index (κ1) is 20.6. The Morgan fingerprint density at radius 2 is 1.94 bits per heavy atom. The Bertz CT molecular complexity index is 1240. The highest BCUT2D eigenvalue weighted by molar-refractivity contribution is 5.92. The summed E-state index contributed by atoms with van der Waals surface area (Å²) in [6.07, 6.45) is 4.82. The van der Waals surface area contributed by atoms with Crippen LogP contribution in [0.25, 0.3) is 10.9 Å². The van der Waals surface area contributed by atoms with Gasteiger partial charge in [0.1, 0.15) is 5.69 Å². The van der Waals surface area contributed by atoms with Crippen LogP contribution in [0, 0.1) is 6.92 Å². The van der Waals surface area contributed by atoms with Crippen LogP contribution < -0.4 is 15.8 Å². The molecule has 1 aliphatic heterocycles. The topological polar surface area (TPSA) is 94.2 Å². The summed E-state index contributed by atoms with van der Waals surface area (Å²) in [4.78, 5) is 41.1. The van der Waals surface area contributed by atoms with Crippen LogP contribution in [0.15, 0.2) is 29.2 Å². The SMILES string of the molecule is CNC(=O)c1ccc(N2CCN(Cc3cc4[nH]c(=O)c5c(c4cn3)CCC5)CC2)c(C)n1. The predicted octanol–water partition coefficient (Wildman–Crippen LogP) is 1.80. The molecular weight excluding hydrogens is 404 g/mol. The van der Waals surface area contributed by atoms with Crippen LogP contribution in [-0.2, 0) is 19.4 Å². The van der Waals surface area contributed by atoms with Gasteiger partial charge in [-0.15, -0.1) is 0 Å². The van der Waals surface area contributed by atoms with Crippen LogP contribution in [0.1, 0.15) is 39.4 Å². The van der Waals surface area contributed by atoms with E-state index in [1.807, 2.05) is 25.3 Å². The third kappa shape index (κ3) is 3.75. The molecule has 0 saturated carbocycles. The van der Waals surface area contributed by atoms with E-state index in [4.69, 9.17) is 4.98 Å². The van der Waals surface area contributed by atoms with Crippen LogP contribution >= 0.6 is 0 Å². The number of amides is 1. The molecule has 0 radical (unpaired) electrons. The number of anilines is 1. The molecule has 32 heavy (non-hydrogen) atoms. The van der Waals surface area contributed by atoms with E-state index in [-0.39, 0.29) is 11.5 Å². The monoisotopic (exact) mass is 432 g/mol. The number of carbonyl (C=O) groups is 1. The van der Waals surface area contributed by atoms with Gasteiger partial charge in [-0.2, -0.15) is 0 Å². The number of aromatic nitrogens is 3. The summed E-state index contributed by atoms with van der Waals surface area (Å²) >= 11 is 0. The van der Waals surface area contributed by atoms with Gasteiger partial charge in [0.15, 0.2) is 0 Å². The second kappa shape index (κ2) is 8.35. The Balaban J connectivity index is 1.26. The van der Waals surface area contributed by atoms with Crippen LogP contribution in [0.5, 0.6) is 0 Å². The Labute approximate surface area is 186 Å². The zero-order chi connectivity index (χ0) is 22.2. The number of fused-ring (bicyclic) bond motifs is 3. The van der Waals surface area contributed by atoms with E-state index in [0.717, 1.165) is 85.5 Å². The predicted molar refractivity (Wildman–Crippen MR) is 124 cm³/mol. The highest BCUT2D eigenvalue weighted by atomic mass is 16.1. The van der Waals surface area contributed by atoms with Gasteiger partial charge in [0, 0.05) is 56.9 Å². The number of hydrogen-bond donors (Lipinski definition) is 2. The fraction of sp³-hybridized carbons (Fsp3) is 0.417. The molecule has 1 saturated heterocycles. The van der Waals surface area contributed by atoms with Crippen molar-refractivity contribution in [1.29, 1.82) is 0 Å². The smallest absolute Gasteiger partial charge is 0.269 e. The Morgan fingerprint density at radius 1 is 1.16 bits per heavy atom. The van der Waals surface area contributed by atoms with Gasteiger partial charge in [-0.05, 0) is 49.9 Å². The highest BCUT2D eigenvalue weighted by Crippen LogP contribution is 2.26. The second-order valence-electron chi connectivity index (χ2n) is 8.63. The van der Waals surface area contributed by atoms with Crippen molar-refractivity contribution in [3.8, 4) is 0 Å². The molecule has 166 valence electrons. The molecule has 0 aromatic carbocycles. The van der Waals surface area contributed by atoms with Gasteiger partial charge in [0.05, 0.1) is 22.6 Å². The van der Waals surface area contributed by atoms with Crippen molar-refractivity contribution >= 4 is 22.5 Å². The summed E-state index contributed by atoms with van der Waals surface area (Å²) in [6, 6.07) is 5.81. The molecule has 4 heterocycles. The van der Waals surface area contributed by atoms with E-state index >= 15 is 0 Å². The van der Waals surface area contributed by atoms with Gasteiger partial charge in [-0.3, -0.25) is 19.5 Å². The van der Waals surface area contributed by atoms with Gasteiger partial charge in [-0.25, -0.2) is 4.98 Å². The number of rotatable bonds is 4. The maximum Gasteiger partial charge on any atom is 0.269 e. The number of carbonyl (C=O) groups excluding carboxylic acids is 1. The quantitative estimate of drug-likeness (QED) is 0.653. The minimum absolute atomic E-state index is 0.0576. The second-order valence-corrected chi connectivity index (χ2v) is 8.63. The lowest BCUT2D eigenvalue weighted by atomic mass is 10.1. The summed E-state index contributed by atoms with van der Waals surface area (Å²) in [7, 11) is 1.61. The average Bonchev–Trinajstić information content (AvgIpc) is 3.30. The van der Waals surface area contributed by atoms with Crippen molar-refractivity contribution in [2.45, 2.75) is 32.7 Å². The summed E-state index contributed by atoms with van der Waals surface area (Å²) in [6.45, 7) is 6.31. The molecule has 8 nitrogen and oxygen atoms in total. The van der Waals surface area contributed by atoms with Crippen LogP contribution in [0.4, 0.5) is 5.69 Å². The highest BCUT2D eigenvalue weighted by Gasteiger charge is 2.21. The standard InChI is InChI=1S/C24H28N6O2/c1-15-22(7-6-20(27-15)24(32)25-2)30-10-8-29(9-11-30)14-16-12-21-19(13-26-16)17-4-3-5-18(17)23(31)28-21/h6-7,12-13H,3-5,8-11,14H2,1-2H3,(H,25,32)(H,28,31). The van der Waals surface area contributed by atoms with Crippen LogP contribution in [0.2, 0.25) is 0 Å². The lowest BCUT2D eigenvalue weighted by Gasteiger charge is -2.36. The fourth-order valence-corrected chi connectivity index (χ4v) is 4.94. The van der Waals surface area contributed by atoms with Crippen molar-refractivity contribution in [3.05, 3.63) is 63.0 Å². The summed E-state index contributed by atoms with van der Waals surface area (Å²) in [5.74, 6) is -0.168. The summed E-state index contributed by atoms with van der Waals surface area (Å²) < 4.78 is 0. The van der Waals surface area contributed by atoms with Crippen LogP contribution in [-0.4, -0.2) is 59.0 Å². The summed E-state index contributed by atoms with van der Waals surface area (Å²) in [5, 5.41) is 3.71. The minimum atomic E-state index is -0.168. The molecule has 1 fully saturated rings. The minimum Gasteiger partial charge on any atom is -0.368 e. The van der Waals surface area contributed by atoms with Crippen molar-refractivity contribution < 1.29 is 4.79 Å². The fourth-order valence-electron chi connectivity index (χ4n) is 4.94. The van der Waals surface area contributed by atoms with Gasteiger partial charge in [-0.1, -0.05) is 0 Å². The molecule has 8 heteroatoms. The molecule has 5 rings (SSSR count). The first-order valence-electron chi connectivity index (χ1n) is 11.2. The van der Waals surface area contributed by atoms with E-state index in [0.29, 0.717) is 5.69 Å². The van der Waals surface area contributed by atoms with Crippen LogP contribution in [0.3, 0.4) is 0 Å². The van der Waals surface area contributed by atoms with Gasteiger partial charge in [0.25, 0.3) is 11.5 Å². The lowest BCUT2D eigenvalue weighted by Crippen LogP contribution is -2.46. The largest absolute Gasteiger partial charge is 0.368 e. The molecule has 1 aliphatic carbocycles. The molecule has 1 amide bonds. The number of aromatic amines is 1. The van der Waals surface area contributed by atoms with Gasteiger partial charge >= 0.3 is 0 Å². The average molecular weight is 433 g/mol. The Kier molecular flexibility index (Phi) is 5.38. The first-order valence-corrected chi connectivity index (χ1v) is 11.2. The number of nitrogens with one attached hydrogen (secondary N) is 2. The van der Waals surface area contributed by atoms with E-state index in [1.54, 1.807) is 13.1 Å². The molecule has 0 spiro atoms. The number of pyridine rings is 3. The summed E-state index contributed by atoms with van der Waals surface area (Å²) in [5.41, 5.74) is 6.45. The molecule has 0 bridgehead atoms. The molecule has 3 aromatic heterocycles. The lowest BCUT2D eigenvalue weighted by molar-refractivity contribution is 0.0958. The Hall–Kier alpha value is -3.26. The normalized spacial score (nSPS) is 16.4. The van der Waals surface area contributed by atoms with E-state index < -0.39 is 0 Å². The van der Waals surface area contributed by atoms with E-state index in [1.165, 1.54) is 5.56 Å². The molecule has 0 atom stereocenters. The molecule has 2 aliphatic rings. The zero-order valence-electron chi connectivity index (χ0n) is 18.6. The molecule has 3 aromatic rings. The molecular formula is C24H28N6O2. The molecule has 0 unspecified atom stereocenters. The van der Waals surface area contributed by atoms with E-state index in [2.05, 4.69) is 25.1 Å². The molecule has 2 N–H and O–H groups in total. The Morgan fingerprint density at radius 3 is 2.69 bits per heavy atom. The number of nitrogens with zero attached hydrogens (tertiary/aromatic N) is 4. The third-order valence-corrected chi connectivity index (χ3v) is 6.64. The zero-order valence-corrected chi connectivity index (χ0v) is 18.6. The first-order chi connectivity index (χ1) is 15.5. The van der Waals surface area contributed by atoms with Gasteiger partial charge < -0.3 is 15.2 Å².